The van der Waals surface area contributed by atoms with Crippen molar-refractivity contribution in [1.29, 1.82) is 0 Å². The Hall–Kier alpha value is -2.08. The maximum absolute atomic E-state index is 8.41. The van der Waals surface area contributed by atoms with Crippen LogP contribution in [-0.4, -0.2) is 34.6 Å². The smallest absolute Gasteiger partial charge is 0.230 e. The van der Waals surface area contributed by atoms with Crippen LogP contribution in [0.4, 0.5) is 17.8 Å². The van der Waals surface area contributed by atoms with Crippen molar-refractivity contribution in [1.82, 2.24) is 15.0 Å². The molecule has 1 rings (SSSR count). The lowest BCUT2D eigenvalue weighted by molar-refractivity contribution is 0.812. The Labute approximate surface area is 99.7 Å². The predicted molar refractivity (Wildman–Crippen MR) is 66.4 cm³/mol. The summed E-state index contributed by atoms with van der Waals surface area (Å²) in [5, 5.41) is 6.39. The van der Waals surface area contributed by atoms with E-state index in [0.717, 1.165) is 13.1 Å². The minimum Gasteiger partial charge on any atom is -0.354 e. The highest BCUT2D eigenvalue weighted by Gasteiger charge is 2.09. The van der Waals surface area contributed by atoms with E-state index in [2.05, 4.69) is 30.3 Å². The molecule has 0 saturated carbocycles. The second-order valence-electron chi connectivity index (χ2n) is 3.15. The molecule has 1 aromatic heterocycles. The Kier molecular flexibility index (Phi) is 4.96. The Balaban J connectivity index is 3.14. The summed E-state index contributed by atoms with van der Waals surface area (Å²) in [6.07, 6.45) is 0. The second-order valence-corrected chi connectivity index (χ2v) is 3.15. The maximum Gasteiger partial charge on any atom is 0.230 e. The van der Waals surface area contributed by atoms with Gasteiger partial charge < -0.3 is 10.2 Å². The van der Waals surface area contributed by atoms with Crippen LogP contribution >= 0.6 is 0 Å². The number of azide groups is 1. The number of rotatable bonds is 6. The summed E-state index contributed by atoms with van der Waals surface area (Å²) in [5.74, 6) is 1.02. The minimum atomic E-state index is 0.0837. The van der Waals surface area contributed by atoms with Crippen molar-refractivity contribution < 1.29 is 0 Å². The van der Waals surface area contributed by atoms with Crippen LogP contribution < -0.4 is 10.2 Å². The molecule has 8 nitrogen and oxygen atoms in total. The van der Waals surface area contributed by atoms with Gasteiger partial charge in [-0.25, -0.2) is 0 Å². The van der Waals surface area contributed by atoms with E-state index in [1.807, 2.05) is 25.7 Å². The number of nitrogens with one attached hydrogen (secondary N) is 1. The van der Waals surface area contributed by atoms with Crippen LogP contribution in [-0.2, 0) is 0 Å². The van der Waals surface area contributed by atoms with Gasteiger partial charge in [0.05, 0.1) is 0 Å². The third-order valence-electron chi connectivity index (χ3n) is 2.13. The molecule has 92 valence electrons. The summed E-state index contributed by atoms with van der Waals surface area (Å²) in [5.41, 5.74) is 8.41. The molecule has 1 heterocycles. The first-order valence-corrected chi connectivity index (χ1v) is 5.55. The molecule has 1 aromatic rings. The van der Waals surface area contributed by atoms with E-state index in [4.69, 9.17) is 5.53 Å². The van der Waals surface area contributed by atoms with Crippen molar-refractivity contribution in [2.45, 2.75) is 20.8 Å². The third-order valence-corrected chi connectivity index (χ3v) is 2.13. The fourth-order valence-corrected chi connectivity index (χ4v) is 1.32. The van der Waals surface area contributed by atoms with Gasteiger partial charge in [0.1, 0.15) is 0 Å². The fraction of sp³-hybridized carbons (Fsp3) is 0.667. The standard InChI is InChI=1S/C9H16N8/c1-4-11-7-12-8(15-16-10)14-9(13-7)17(5-2)6-3/h4-6H2,1-3H3,(H,11,12,13,14). The third kappa shape index (κ3) is 3.46. The van der Waals surface area contributed by atoms with E-state index in [9.17, 15) is 0 Å². The molecular weight excluding hydrogens is 220 g/mol. The van der Waals surface area contributed by atoms with Gasteiger partial charge in [0.25, 0.3) is 0 Å². The number of anilines is 2. The van der Waals surface area contributed by atoms with Crippen LogP contribution in [0.3, 0.4) is 0 Å². The number of hydrogen-bond acceptors (Lipinski definition) is 6. The number of aromatic nitrogens is 3. The molecular formula is C9H16N8. The zero-order valence-corrected chi connectivity index (χ0v) is 10.3. The molecule has 0 amide bonds. The average molecular weight is 236 g/mol. The van der Waals surface area contributed by atoms with E-state index >= 15 is 0 Å². The Morgan fingerprint density at radius 2 is 1.94 bits per heavy atom. The van der Waals surface area contributed by atoms with Crippen LogP contribution in [0.25, 0.3) is 10.4 Å². The first-order chi connectivity index (χ1) is 8.24. The van der Waals surface area contributed by atoms with E-state index in [1.165, 1.54) is 0 Å². The molecule has 8 heteroatoms. The fourth-order valence-electron chi connectivity index (χ4n) is 1.32. The van der Waals surface area contributed by atoms with Crippen LogP contribution in [0.2, 0.25) is 0 Å². The van der Waals surface area contributed by atoms with Crippen LogP contribution in [0.15, 0.2) is 5.11 Å². The largest absolute Gasteiger partial charge is 0.354 e. The van der Waals surface area contributed by atoms with Gasteiger partial charge in [-0.3, -0.25) is 0 Å². The number of nitrogens with zero attached hydrogens (tertiary/aromatic N) is 7. The summed E-state index contributed by atoms with van der Waals surface area (Å²) < 4.78 is 0. The molecule has 0 saturated heterocycles. The quantitative estimate of drug-likeness (QED) is 0.462. The van der Waals surface area contributed by atoms with Gasteiger partial charge in [0, 0.05) is 24.5 Å². The molecule has 0 fully saturated rings. The number of hydrogen-bond donors (Lipinski definition) is 1. The van der Waals surface area contributed by atoms with Crippen molar-refractivity contribution in [2.75, 3.05) is 29.9 Å². The lowest BCUT2D eigenvalue weighted by Crippen LogP contribution is -2.24. The normalized spacial score (nSPS) is 9.59. The van der Waals surface area contributed by atoms with Crippen LogP contribution in [0.5, 0.6) is 0 Å². The van der Waals surface area contributed by atoms with Crippen LogP contribution in [0.1, 0.15) is 20.8 Å². The van der Waals surface area contributed by atoms with Crippen molar-refractivity contribution in [2.24, 2.45) is 5.11 Å². The molecule has 0 spiro atoms. The van der Waals surface area contributed by atoms with Gasteiger partial charge in [-0.2, -0.15) is 15.0 Å². The maximum atomic E-state index is 8.41. The van der Waals surface area contributed by atoms with Gasteiger partial charge in [-0.05, 0) is 31.4 Å². The summed E-state index contributed by atoms with van der Waals surface area (Å²) in [6, 6.07) is 0. The van der Waals surface area contributed by atoms with E-state index < -0.39 is 0 Å². The highest BCUT2D eigenvalue weighted by molar-refractivity contribution is 5.41. The Morgan fingerprint density at radius 1 is 1.24 bits per heavy atom. The lowest BCUT2D eigenvalue weighted by Gasteiger charge is -2.18. The molecule has 0 aliphatic heterocycles. The molecule has 0 atom stereocenters. The monoisotopic (exact) mass is 236 g/mol. The molecule has 0 aliphatic carbocycles. The molecule has 17 heavy (non-hydrogen) atoms. The topological polar surface area (TPSA) is 103 Å². The lowest BCUT2D eigenvalue weighted by atomic mass is 10.5. The van der Waals surface area contributed by atoms with Gasteiger partial charge in [0.2, 0.25) is 17.8 Å². The molecule has 0 aliphatic rings. The van der Waals surface area contributed by atoms with Gasteiger partial charge >= 0.3 is 0 Å². The van der Waals surface area contributed by atoms with Crippen molar-refractivity contribution in [3.63, 3.8) is 0 Å². The summed E-state index contributed by atoms with van der Waals surface area (Å²) in [7, 11) is 0. The minimum absolute atomic E-state index is 0.0837. The molecule has 1 N–H and O–H groups in total. The summed E-state index contributed by atoms with van der Waals surface area (Å²) in [4.78, 5) is 17.0. The van der Waals surface area contributed by atoms with Gasteiger partial charge in [-0.15, -0.1) is 0 Å². The van der Waals surface area contributed by atoms with Crippen molar-refractivity contribution >= 4 is 17.8 Å². The first kappa shape index (κ1) is 13.0. The van der Waals surface area contributed by atoms with Gasteiger partial charge in [-0.1, -0.05) is 0 Å². The molecule has 0 aromatic carbocycles. The zero-order chi connectivity index (χ0) is 12.7. The Bertz CT molecular complexity index is 407. The zero-order valence-electron chi connectivity index (χ0n) is 10.3. The summed E-state index contributed by atoms with van der Waals surface area (Å²) >= 11 is 0. The highest BCUT2D eigenvalue weighted by atomic mass is 15.3. The van der Waals surface area contributed by atoms with Crippen molar-refractivity contribution in [3.8, 4) is 0 Å². The van der Waals surface area contributed by atoms with Crippen molar-refractivity contribution in [3.05, 3.63) is 10.4 Å². The average Bonchev–Trinajstić information content (AvgIpc) is 2.31. The molecule has 0 unspecified atom stereocenters. The van der Waals surface area contributed by atoms with Crippen LogP contribution in [0, 0.1) is 0 Å². The summed E-state index contributed by atoms with van der Waals surface area (Å²) in [6.45, 7) is 8.20. The predicted octanol–water partition coefficient (Wildman–Crippen LogP) is 2.09. The Morgan fingerprint density at radius 3 is 2.47 bits per heavy atom. The SMILES string of the molecule is CCNc1nc(N=[N+]=[N-])nc(N(CC)CC)n1. The highest BCUT2D eigenvalue weighted by Crippen LogP contribution is 2.15. The van der Waals surface area contributed by atoms with E-state index in [0.29, 0.717) is 18.4 Å². The second kappa shape index (κ2) is 6.49. The molecule has 0 radical (unpaired) electrons. The van der Waals surface area contributed by atoms with E-state index in [1.54, 1.807) is 0 Å². The van der Waals surface area contributed by atoms with E-state index in [-0.39, 0.29) is 5.95 Å². The first-order valence-electron chi connectivity index (χ1n) is 5.55. The van der Waals surface area contributed by atoms with Gasteiger partial charge in [0.15, 0.2) is 0 Å². The molecule has 0 bridgehead atoms.